The maximum Gasteiger partial charge on any atom is 0.0455 e. The van der Waals surface area contributed by atoms with Crippen LogP contribution in [0.1, 0.15) is 12.8 Å². The Morgan fingerprint density at radius 2 is 1.81 bits per heavy atom. The number of para-hydroxylation sites is 1. The molecule has 1 aliphatic heterocycles. The smallest absolute Gasteiger partial charge is 0.0455 e. The highest BCUT2D eigenvalue weighted by Crippen LogP contribution is 2.39. The molecule has 0 aromatic heterocycles. The molecule has 1 saturated carbocycles. The summed E-state index contributed by atoms with van der Waals surface area (Å²) in [5, 5.41) is 0. The fraction of sp³-hybridized carbons (Fsp3) is 0.200. The third-order valence-corrected chi connectivity index (χ3v) is 3.14. The highest BCUT2D eigenvalue weighted by Gasteiger charge is 2.26. The van der Waals surface area contributed by atoms with E-state index in [0.717, 1.165) is 11.6 Å². The molecule has 0 unspecified atom stereocenters. The summed E-state index contributed by atoms with van der Waals surface area (Å²) in [4.78, 5) is 2.17. The first-order valence-corrected chi connectivity index (χ1v) is 5.77. The van der Waals surface area contributed by atoms with E-state index in [1.165, 1.54) is 24.1 Å². The van der Waals surface area contributed by atoms with Crippen LogP contribution in [-0.2, 0) is 0 Å². The Balaban J connectivity index is 1.94. The van der Waals surface area contributed by atoms with Crippen LogP contribution in [0.25, 0.3) is 0 Å². The summed E-state index contributed by atoms with van der Waals surface area (Å²) in [5.74, 6) is 0.788. The van der Waals surface area contributed by atoms with E-state index < -0.39 is 0 Å². The van der Waals surface area contributed by atoms with Gasteiger partial charge in [-0.15, -0.1) is 0 Å². The molecule has 2 aliphatic rings. The molecule has 0 bridgehead atoms. The van der Waals surface area contributed by atoms with Gasteiger partial charge in [-0.05, 0) is 42.5 Å². The van der Waals surface area contributed by atoms with Crippen LogP contribution < -0.4 is 4.90 Å². The molecule has 1 heteroatoms. The Kier molecular flexibility index (Phi) is 2.17. The van der Waals surface area contributed by atoms with Crippen LogP contribution in [0.2, 0.25) is 0 Å². The van der Waals surface area contributed by atoms with E-state index in [1.54, 1.807) is 0 Å². The lowest BCUT2D eigenvalue weighted by atomic mass is 10.1. The molecule has 0 radical (unpaired) electrons. The predicted octanol–water partition coefficient (Wildman–Crippen LogP) is 3.87. The van der Waals surface area contributed by atoms with Crippen LogP contribution in [0, 0.1) is 5.92 Å². The molecular weight excluding hydrogens is 194 g/mol. The lowest BCUT2D eigenvalue weighted by molar-refractivity contribution is 1.01. The van der Waals surface area contributed by atoms with Crippen molar-refractivity contribution in [2.75, 3.05) is 4.90 Å². The van der Waals surface area contributed by atoms with Crippen molar-refractivity contribution in [3.8, 4) is 0 Å². The van der Waals surface area contributed by atoms with Gasteiger partial charge >= 0.3 is 0 Å². The standard InChI is InChI=1S/C15H15N/c1-12-7-8-14(13-9-10-13)11-16(12)15-5-3-2-4-6-15/h2-8,11,13H,1,9-10H2. The Morgan fingerprint density at radius 3 is 2.50 bits per heavy atom. The molecule has 0 saturated heterocycles. The molecule has 0 atom stereocenters. The van der Waals surface area contributed by atoms with Crippen molar-refractivity contribution in [2.24, 2.45) is 5.92 Å². The first-order valence-electron chi connectivity index (χ1n) is 5.77. The summed E-state index contributed by atoms with van der Waals surface area (Å²) in [6, 6.07) is 10.4. The number of hydrogen-bond donors (Lipinski definition) is 0. The number of benzene rings is 1. The molecule has 80 valence electrons. The first-order chi connectivity index (χ1) is 7.84. The van der Waals surface area contributed by atoms with Crippen molar-refractivity contribution >= 4 is 5.69 Å². The van der Waals surface area contributed by atoms with Crippen LogP contribution in [0.4, 0.5) is 5.69 Å². The molecule has 3 rings (SSSR count). The summed E-state index contributed by atoms with van der Waals surface area (Å²) in [5.41, 5.74) is 3.67. The molecular formula is C15H15N. The summed E-state index contributed by atoms with van der Waals surface area (Å²) >= 11 is 0. The van der Waals surface area contributed by atoms with E-state index in [1.807, 2.05) is 6.07 Å². The second-order valence-electron chi connectivity index (χ2n) is 4.43. The molecule has 1 heterocycles. The van der Waals surface area contributed by atoms with Gasteiger partial charge in [-0.3, -0.25) is 0 Å². The number of nitrogens with zero attached hydrogens (tertiary/aromatic N) is 1. The number of allylic oxidation sites excluding steroid dienone is 3. The highest BCUT2D eigenvalue weighted by atomic mass is 15.1. The Labute approximate surface area is 96.4 Å². The number of anilines is 1. The molecule has 16 heavy (non-hydrogen) atoms. The summed E-state index contributed by atoms with van der Waals surface area (Å²) in [6.07, 6.45) is 9.23. The fourth-order valence-electron chi connectivity index (χ4n) is 2.03. The van der Waals surface area contributed by atoms with Crippen molar-refractivity contribution in [1.29, 1.82) is 0 Å². The quantitative estimate of drug-likeness (QED) is 0.714. The van der Waals surface area contributed by atoms with Crippen LogP contribution in [-0.4, -0.2) is 0 Å². The minimum absolute atomic E-state index is 0.788. The molecule has 1 aliphatic carbocycles. The van der Waals surface area contributed by atoms with Gasteiger partial charge in [0.05, 0.1) is 0 Å². The Bertz CT molecular complexity index is 463. The zero-order chi connectivity index (χ0) is 11.0. The average molecular weight is 209 g/mol. The third kappa shape index (κ3) is 1.69. The van der Waals surface area contributed by atoms with Crippen molar-refractivity contribution in [3.05, 3.63) is 66.5 Å². The maximum atomic E-state index is 4.08. The molecule has 1 fully saturated rings. The maximum absolute atomic E-state index is 4.08. The van der Waals surface area contributed by atoms with Gasteiger partial charge in [-0.1, -0.05) is 30.9 Å². The number of rotatable bonds is 2. The molecule has 1 aromatic rings. The molecule has 0 N–H and O–H groups in total. The largest absolute Gasteiger partial charge is 0.318 e. The summed E-state index contributed by atoms with van der Waals surface area (Å²) in [6.45, 7) is 4.08. The van der Waals surface area contributed by atoms with E-state index in [2.05, 4.69) is 54.1 Å². The van der Waals surface area contributed by atoms with Crippen LogP contribution in [0.3, 0.4) is 0 Å². The second kappa shape index (κ2) is 3.67. The highest BCUT2D eigenvalue weighted by molar-refractivity contribution is 5.60. The van der Waals surface area contributed by atoms with Gasteiger partial charge in [0.15, 0.2) is 0 Å². The zero-order valence-electron chi connectivity index (χ0n) is 9.26. The minimum Gasteiger partial charge on any atom is -0.318 e. The fourth-order valence-corrected chi connectivity index (χ4v) is 2.03. The summed E-state index contributed by atoms with van der Waals surface area (Å²) in [7, 11) is 0. The van der Waals surface area contributed by atoms with E-state index >= 15 is 0 Å². The van der Waals surface area contributed by atoms with Gasteiger partial charge in [0.2, 0.25) is 0 Å². The SMILES string of the molecule is C=C1C=CC(C2CC2)=CN1c1ccccc1. The molecule has 0 spiro atoms. The lowest BCUT2D eigenvalue weighted by Crippen LogP contribution is -2.16. The van der Waals surface area contributed by atoms with Crippen molar-refractivity contribution in [3.63, 3.8) is 0 Å². The van der Waals surface area contributed by atoms with E-state index in [-0.39, 0.29) is 0 Å². The van der Waals surface area contributed by atoms with Gasteiger partial charge < -0.3 is 4.90 Å². The Hall–Kier alpha value is -1.76. The van der Waals surface area contributed by atoms with Gasteiger partial charge in [0.25, 0.3) is 0 Å². The van der Waals surface area contributed by atoms with Gasteiger partial charge in [0.1, 0.15) is 0 Å². The van der Waals surface area contributed by atoms with E-state index in [4.69, 9.17) is 0 Å². The van der Waals surface area contributed by atoms with Gasteiger partial charge in [0, 0.05) is 17.6 Å². The monoisotopic (exact) mass is 209 g/mol. The first kappa shape index (κ1) is 9.46. The molecule has 1 aromatic carbocycles. The molecule has 1 nitrogen and oxygen atoms in total. The molecule has 0 amide bonds. The van der Waals surface area contributed by atoms with E-state index in [9.17, 15) is 0 Å². The minimum atomic E-state index is 0.788. The van der Waals surface area contributed by atoms with E-state index in [0.29, 0.717) is 0 Å². The van der Waals surface area contributed by atoms with Crippen molar-refractivity contribution in [1.82, 2.24) is 0 Å². The Morgan fingerprint density at radius 1 is 1.06 bits per heavy atom. The van der Waals surface area contributed by atoms with Crippen molar-refractivity contribution in [2.45, 2.75) is 12.8 Å². The van der Waals surface area contributed by atoms with Crippen molar-refractivity contribution < 1.29 is 0 Å². The van der Waals surface area contributed by atoms with Crippen LogP contribution in [0.15, 0.2) is 66.5 Å². The van der Waals surface area contributed by atoms with Crippen LogP contribution >= 0.6 is 0 Å². The average Bonchev–Trinajstić information content (AvgIpc) is 3.15. The normalized spacial score (nSPS) is 19.9. The van der Waals surface area contributed by atoms with Crippen LogP contribution in [0.5, 0.6) is 0 Å². The predicted molar refractivity (Wildman–Crippen MR) is 68.0 cm³/mol. The second-order valence-corrected chi connectivity index (χ2v) is 4.43. The number of hydrogen-bond acceptors (Lipinski definition) is 1. The lowest BCUT2D eigenvalue weighted by Gasteiger charge is -2.25. The topological polar surface area (TPSA) is 3.24 Å². The van der Waals surface area contributed by atoms with Gasteiger partial charge in [-0.2, -0.15) is 0 Å². The van der Waals surface area contributed by atoms with Gasteiger partial charge in [-0.25, -0.2) is 0 Å². The summed E-state index contributed by atoms with van der Waals surface area (Å²) < 4.78 is 0. The third-order valence-electron chi connectivity index (χ3n) is 3.14. The zero-order valence-corrected chi connectivity index (χ0v) is 9.26.